The van der Waals surface area contributed by atoms with Crippen molar-refractivity contribution in [1.29, 1.82) is 0 Å². The molecule has 0 aliphatic carbocycles. The van der Waals surface area contributed by atoms with Crippen LogP contribution in [0.15, 0.2) is 42.5 Å². The Morgan fingerprint density at radius 3 is 2.69 bits per heavy atom. The van der Waals surface area contributed by atoms with Crippen LogP contribution in [0.2, 0.25) is 0 Å². The number of likely N-dealkylation sites (tertiary alicyclic amines) is 1. The fraction of sp³-hybridized carbons (Fsp3) is 0.333. The number of aromatic amines is 1. The molecule has 0 saturated carbocycles. The maximum Gasteiger partial charge on any atom is 0.409 e. The van der Waals surface area contributed by atoms with Crippen molar-refractivity contribution in [2.45, 2.75) is 26.4 Å². The number of rotatable bonds is 6. The van der Waals surface area contributed by atoms with Gasteiger partial charge in [0.15, 0.2) is 0 Å². The minimum atomic E-state index is -0.304. The Balaban J connectivity index is 1.39. The number of carbonyl (C=O) groups excluding carboxylic acids is 2. The summed E-state index contributed by atoms with van der Waals surface area (Å²) in [7, 11) is 1.61. The van der Waals surface area contributed by atoms with E-state index in [4.69, 9.17) is 14.2 Å². The molecule has 2 N–H and O–H groups in total. The molecule has 1 aliphatic heterocycles. The summed E-state index contributed by atoms with van der Waals surface area (Å²) in [5.41, 5.74) is 2.82. The Morgan fingerprint density at radius 1 is 1.19 bits per heavy atom. The second-order valence-electron chi connectivity index (χ2n) is 7.66. The van der Waals surface area contributed by atoms with E-state index >= 15 is 0 Å². The highest BCUT2D eigenvalue weighted by Crippen LogP contribution is 2.30. The van der Waals surface area contributed by atoms with Gasteiger partial charge in [-0.25, -0.2) is 4.79 Å². The van der Waals surface area contributed by atoms with Crippen LogP contribution < -0.4 is 14.8 Å². The van der Waals surface area contributed by atoms with Crippen LogP contribution in [-0.4, -0.2) is 54.8 Å². The van der Waals surface area contributed by atoms with Crippen LogP contribution in [0.4, 0.5) is 10.5 Å². The lowest BCUT2D eigenvalue weighted by molar-refractivity contribution is 0.102. The standard InChI is InChI=1S/C24H27N3O5/c1-4-31-24(29)27-13-12-18(14-27)32-17-10-8-16(9-11-17)25-23(28)21-15(2)19-6-5-7-20(30-3)22(19)26-21/h5-11,18,26H,4,12-14H2,1-3H3,(H,25,28). The van der Waals surface area contributed by atoms with E-state index < -0.39 is 0 Å². The first-order valence-electron chi connectivity index (χ1n) is 10.6. The Morgan fingerprint density at radius 2 is 1.97 bits per heavy atom. The largest absolute Gasteiger partial charge is 0.495 e. The minimum Gasteiger partial charge on any atom is -0.495 e. The van der Waals surface area contributed by atoms with Crippen molar-refractivity contribution in [1.82, 2.24) is 9.88 Å². The molecule has 1 saturated heterocycles. The van der Waals surface area contributed by atoms with Crippen molar-refractivity contribution < 1.29 is 23.8 Å². The monoisotopic (exact) mass is 437 g/mol. The summed E-state index contributed by atoms with van der Waals surface area (Å²) in [6.07, 6.45) is 0.367. The van der Waals surface area contributed by atoms with Gasteiger partial charge in [-0.05, 0) is 49.7 Å². The Kier molecular flexibility index (Phi) is 6.20. The third kappa shape index (κ3) is 4.34. The van der Waals surface area contributed by atoms with Gasteiger partial charge in [-0.3, -0.25) is 4.79 Å². The van der Waals surface area contributed by atoms with Crippen molar-refractivity contribution in [3.05, 3.63) is 53.7 Å². The van der Waals surface area contributed by atoms with Gasteiger partial charge in [-0.2, -0.15) is 0 Å². The summed E-state index contributed by atoms with van der Waals surface area (Å²) in [6.45, 7) is 5.18. The van der Waals surface area contributed by atoms with Gasteiger partial charge in [0.25, 0.3) is 5.91 Å². The number of para-hydroxylation sites is 1. The van der Waals surface area contributed by atoms with Crippen molar-refractivity contribution in [2.24, 2.45) is 0 Å². The van der Waals surface area contributed by atoms with Gasteiger partial charge < -0.3 is 29.4 Å². The molecule has 1 aromatic heterocycles. The van der Waals surface area contributed by atoms with Gasteiger partial charge in [0.1, 0.15) is 23.3 Å². The van der Waals surface area contributed by atoms with Gasteiger partial charge in [0, 0.05) is 24.0 Å². The number of carbonyl (C=O) groups is 2. The number of methoxy groups -OCH3 is 1. The number of fused-ring (bicyclic) bond motifs is 1. The smallest absolute Gasteiger partial charge is 0.409 e. The van der Waals surface area contributed by atoms with Crippen LogP contribution >= 0.6 is 0 Å². The third-order valence-electron chi connectivity index (χ3n) is 5.59. The summed E-state index contributed by atoms with van der Waals surface area (Å²) in [5.74, 6) is 1.15. The molecule has 0 spiro atoms. The minimum absolute atomic E-state index is 0.0798. The highest BCUT2D eigenvalue weighted by atomic mass is 16.6. The first kappa shape index (κ1) is 21.5. The average Bonchev–Trinajstić information content (AvgIpc) is 3.40. The van der Waals surface area contributed by atoms with E-state index in [-0.39, 0.29) is 18.1 Å². The van der Waals surface area contributed by atoms with Gasteiger partial charge in [0.2, 0.25) is 0 Å². The van der Waals surface area contributed by atoms with Crippen LogP contribution in [0.25, 0.3) is 10.9 Å². The highest BCUT2D eigenvalue weighted by molar-refractivity contribution is 6.08. The number of aryl methyl sites for hydroxylation is 1. The number of aromatic nitrogens is 1. The lowest BCUT2D eigenvalue weighted by Gasteiger charge is -2.16. The predicted octanol–water partition coefficient (Wildman–Crippen LogP) is 4.35. The molecular weight excluding hydrogens is 410 g/mol. The number of hydrogen-bond acceptors (Lipinski definition) is 5. The van der Waals surface area contributed by atoms with Crippen LogP contribution in [-0.2, 0) is 4.74 Å². The van der Waals surface area contributed by atoms with Crippen LogP contribution in [0.5, 0.6) is 11.5 Å². The number of H-pyrrole nitrogens is 1. The molecule has 2 amide bonds. The number of anilines is 1. The van der Waals surface area contributed by atoms with Crippen molar-refractivity contribution in [2.75, 3.05) is 32.1 Å². The molecule has 4 rings (SSSR count). The van der Waals surface area contributed by atoms with Gasteiger partial charge in [-0.15, -0.1) is 0 Å². The second kappa shape index (κ2) is 9.21. The fourth-order valence-corrected chi connectivity index (χ4v) is 3.93. The predicted molar refractivity (Wildman–Crippen MR) is 122 cm³/mol. The van der Waals surface area contributed by atoms with Crippen molar-refractivity contribution in [3.8, 4) is 11.5 Å². The summed E-state index contributed by atoms with van der Waals surface area (Å²) < 4.78 is 16.4. The fourth-order valence-electron chi connectivity index (χ4n) is 3.93. The first-order valence-corrected chi connectivity index (χ1v) is 10.6. The summed E-state index contributed by atoms with van der Waals surface area (Å²) in [5, 5.41) is 3.87. The lowest BCUT2D eigenvalue weighted by atomic mass is 10.1. The number of hydrogen-bond donors (Lipinski definition) is 2. The molecule has 32 heavy (non-hydrogen) atoms. The Hall–Kier alpha value is -3.68. The molecule has 2 aromatic carbocycles. The second-order valence-corrected chi connectivity index (χ2v) is 7.66. The lowest BCUT2D eigenvalue weighted by Crippen LogP contribution is -2.31. The third-order valence-corrected chi connectivity index (χ3v) is 5.59. The van der Waals surface area contributed by atoms with E-state index in [9.17, 15) is 9.59 Å². The van der Waals surface area contributed by atoms with Gasteiger partial charge in [-0.1, -0.05) is 12.1 Å². The molecular formula is C24H27N3O5. The van der Waals surface area contributed by atoms with Crippen LogP contribution in [0, 0.1) is 6.92 Å². The van der Waals surface area contributed by atoms with E-state index in [1.807, 2.05) is 37.3 Å². The van der Waals surface area contributed by atoms with Gasteiger partial charge >= 0.3 is 6.09 Å². The topological polar surface area (TPSA) is 92.9 Å². The Bertz CT molecular complexity index is 1120. The van der Waals surface area contributed by atoms with E-state index in [2.05, 4.69) is 10.3 Å². The van der Waals surface area contributed by atoms with Crippen molar-refractivity contribution >= 4 is 28.6 Å². The van der Waals surface area contributed by atoms with Gasteiger partial charge in [0.05, 0.1) is 25.8 Å². The first-order chi connectivity index (χ1) is 15.5. The van der Waals surface area contributed by atoms with E-state index in [1.165, 1.54) is 0 Å². The molecule has 1 fully saturated rings. The number of nitrogens with one attached hydrogen (secondary N) is 2. The number of ether oxygens (including phenoxy) is 3. The van der Waals surface area contributed by atoms with E-state index in [0.29, 0.717) is 42.6 Å². The Labute approximate surface area is 186 Å². The van der Waals surface area contributed by atoms with Crippen molar-refractivity contribution in [3.63, 3.8) is 0 Å². The van der Waals surface area contributed by atoms with E-state index in [1.54, 1.807) is 31.1 Å². The molecule has 1 unspecified atom stereocenters. The zero-order valence-electron chi connectivity index (χ0n) is 18.4. The highest BCUT2D eigenvalue weighted by Gasteiger charge is 2.28. The number of benzene rings is 2. The zero-order valence-corrected chi connectivity index (χ0v) is 18.4. The molecule has 2 heterocycles. The maximum atomic E-state index is 12.9. The SMILES string of the molecule is CCOC(=O)N1CCC(Oc2ccc(NC(=O)c3[nH]c4c(OC)cccc4c3C)cc2)C1. The quantitative estimate of drug-likeness (QED) is 0.598. The van der Waals surface area contributed by atoms with E-state index in [0.717, 1.165) is 22.9 Å². The molecule has 8 nitrogen and oxygen atoms in total. The van der Waals surface area contributed by atoms with Crippen LogP contribution in [0.3, 0.4) is 0 Å². The molecule has 168 valence electrons. The molecule has 1 atom stereocenters. The maximum absolute atomic E-state index is 12.9. The molecule has 0 bridgehead atoms. The summed E-state index contributed by atoms with van der Waals surface area (Å²) in [4.78, 5) is 29.5. The molecule has 1 aliphatic rings. The normalized spacial score (nSPS) is 15.6. The number of amides is 2. The molecule has 8 heteroatoms. The summed E-state index contributed by atoms with van der Waals surface area (Å²) >= 11 is 0. The molecule has 3 aromatic rings. The molecule has 0 radical (unpaired) electrons. The van der Waals surface area contributed by atoms with Crippen LogP contribution in [0.1, 0.15) is 29.4 Å². The summed E-state index contributed by atoms with van der Waals surface area (Å²) in [6, 6.07) is 12.9. The zero-order chi connectivity index (χ0) is 22.7. The average molecular weight is 437 g/mol. The number of nitrogens with zero attached hydrogens (tertiary/aromatic N) is 1.